The SMILES string of the molecule is CNc1cc([N+](=O)[O-])cc(Sc2ccccc2OC)n1. The van der Waals surface area contributed by atoms with Crippen LogP contribution in [-0.4, -0.2) is 24.1 Å². The molecule has 1 N–H and O–H groups in total. The molecule has 0 amide bonds. The largest absolute Gasteiger partial charge is 0.496 e. The quantitative estimate of drug-likeness (QED) is 0.673. The number of nitro groups is 1. The first-order chi connectivity index (χ1) is 9.63. The second kappa shape index (κ2) is 6.25. The van der Waals surface area contributed by atoms with Crippen LogP contribution in [0.3, 0.4) is 0 Å². The highest BCUT2D eigenvalue weighted by molar-refractivity contribution is 7.99. The lowest BCUT2D eigenvalue weighted by molar-refractivity contribution is -0.385. The van der Waals surface area contributed by atoms with Gasteiger partial charge in [-0.1, -0.05) is 23.9 Å². The Morgan fingerprint density at radius 1 is 1.35 bits per heavy atom. The number of methoxy groups -OCH3 is 1. The number of aromatic nitrogens is 1. The molecule has 0 bridgehead atoms. The summed E-state index contributed by atoms with van der Waals surface area (Å²) in [5.74, 6) is 1.16. The summed E-state index contributed by atoms with van der Waals surface area (Å²) in [5, 5.41) is 14.3. The molecule has 6 nitrogen and oxygen atoms in total. The normalized spacial score (nSPS) is 10.1. The number of ether oxygens (including phenoxy) is 1. The number of rotatable bonds is 5. The summed E-state index contributed by atoms with van der Waals surface area (Å²) in [6, 6.07) is 10.3. The monoisotopic (exact) mass is 291 g/mol. The molecule has 2 rings (SSSR count). The number of benzene rings is 1. The fraction of sp³-hybridized carbons (Fsp3) is 0.154. The second-order valence-corrected chi connectivity index (χ2v) is 4.87. The lowest BCUT2D eigenvalue weighted by Gasteiger charge is -2.08. The molecule has 0 radical (unpaired) electrons. The van der Waals surface area contributed by atoms with Crippen molar-refractivity contribution in [2.24, 2.45) is 0 Å². The Kier molecular flexibility index (Phi) is 4.41. The maximum atomic E-state index is 10.9. The van der Waals surface area contributed by atoms with Gasteiger partial charge in [0.2, 0.25) is 0 Å². The lowest BCUT2D eigenvalue weighted by atomic mass is 10.3. The van der Waals surface area contributed by atoms with Crippen LogP contribution in [-0.2, 0) is 0 Å². The first-order valence-corrected chi connectivity index (χ1v) is 6.61. The predicted molar refractivity (Wildman–Crippen MR) is 77.6 cm³/mol. The predicted octanol–water partition coefficient (Wildman–Crippen LogP) is 3.19. The van der Waals surface area contributed by atoms with Crippen molar-refractivity contribution in [3.8, 4) is 5.75 Å². The molecular weight excluding hydrogens is 278 g/mol. The Morgan fingerprint density at radius 3 is 2.75 bits per heavy atom. The highest BCUT2D eigenvalue weighted by Crippen LogP contribution is 2.35. The first-order valence-electron chi connectivity index (χ1n) is 5.79. The van der Waals surface area contributed by atoms with Gasteiger partial charge in [-0.05, 0) is 12.1 Å². The molecule has 0 saturated carbocycles. The highest BCUT2D eigenvalue weighted by atomic mass is 32.2. The van der Waals surface area contributed by atoms with Crippen molar-refractivity contribution in [2.45, 2.75) is 9.92 Å². The van der Waals surface area contributed by atoms with Crippen molar-refractivity contribution < 1.29 is 9.66 Å². The summed E-state index contributed by atoms with van der Waals surface area (Å²) in [4.78, 5) is 15.6. The minimum atomic E-state index is -0.436. The number of hydrogen-bond acceptors (Lipinski definition) is 6. The molecule has 20 heavy (non-hydrogen) atoms. The zero-order chi connectivity index (χ0) is 14.5. The number of pyridine rings is 1. The van der Waals surface area contributed by atoms with Gasteiger partial charge < -0.3 is 10.1 Å². The van der Waals surface area contributed by atoms with E-state index in [1.807, 2.05) is 24.3 Å². The Hall–Kier alpha value is -2.28. The van der Waals surface area contributed by atoms with E-state index in [2.05, 4.69) is 10.3 Å². The summed E-state index contributed by atoms with van der Waals surface area (Å²) in [5.41, 5.74) is 0.00162. The molecule has 0 spiro atoms. The van der Waals surface area contributed by atoms with Crippen molar-refractivity contribution >= 4 is 23.3 Å². The van der Waals surface area contributed by atoms with Crippen molar-refractivity contribution in [1.82, 2.24) is 4.98 Å². The maximum Gasteiger partial charge on any atom is 0.275 e. The van der Waals surface area contributed by atoms with Gasteiger partial charge in [0.1, 0.15) is 16.6 Å². The van der Waals surface area contributed by atoms with Crippen LogP contribution >= 0.6 is 11.8 Å². The molecule has 104 valence electrons. The van der Waals surface area contributed by atoms with Crippen LogP contribution in [0.4, 0.5) is 11.5 Å². The topological polar surface area (TPSA) is 77.3 Å². The van der Waals surface area contributed by atoms with E-state index in [0.29, 0.717) is 16.6 Å². The molecule has 1 aromatic carbocycles. The maximum absolute atomic E-state index is 10.9. The van der Waals surface area contributed by atoms with Crippen LogP contribution in [0.1, 0.15) is 0 Å². The Balaban J connectivity index is 2.37. The van der Waals surface area contributed by atoms with Crippen LogP contribution in [0.2, 0.25) is 0 Å². The minimum Gasteiger partial charge on any atom is -0.496 e. The molecule has 0 saturated heterocycles. The van der Waals surface area contributed by atoms with Gasteiger partial charge in [-0.3, -0.25) is 10.1 Å². The molecule has 2 aromatic rings. The average molecular weight is 291 g/mol. The number of hydrogen-bond donors (Lipinski definition) is 1. The van der Waals surface area contributed by atoms with Gasteiger partial charge >= 0.3 is 0 Å². The summed E-state index contributed by atoms with van der Waals surface area (Å²) in [6.45, 7) is 0. The fourth-order valence-corrected chi connectivity index (χ4v) is 2.54. The molecule has 0 fully saturated rings. The second-order valence-electron chi connectivity index (χ2n) is 3.81. The third-order valence-corrected chi connectivity index (χ3v) is 3.51. The molecule has 1 aromatic heterocycles. The number of nitrogens with zero attached hydrogens (tertiary/aromatic N) is 2. The number of para-hydroxylation sites is 1. The standard InChI is InChI=1S/C13H13N3O3S/c1-14-12-7-9(16(17)18)8-13(15-12)20-11-6-4-3-5-10(11)19-2/h3-8H,1-2H3,(H,14,15). The summed E-state index contributed by atoms with van der Waals surface area (Å²) < 4.78 is 5.25. The van der Waals surface area contributed by atoms with Crippen LogP contribution in [0.15, 0.2) is 46.3 Å². The molecule has 7 heteroatoms. The van der Waals surface area contributed by atoms with Crippen molar-refractivity contribution in [1.29, 1.82) is 0 Å². The average Bonchev–Trinajstić information content (AvgIpc) is 2.47. The first kappa shape index (κ1) is 14.1. The Labute approximate surface area is 120 Å². The molecular formula is C13H13N3O3S. The Morgan fingerprint density at radius 2 is 2.10 bits per heavy atom. The van der Waals surface area contributed by atoms with Crippen molar-refractivity contribution in [3.63, 3.8) is 0 Å². The van der Waals surface area contributed by atoms with Crippen LogP contribution in [0.25, 0.3) is 0 Å². The van der Waals surface area contributed by atoms with Crippen molar-refractivity contribution in [2.75, 3.05) is 19.5 Å². The highest BCUT2D eigenvalue weighted by Gasteiger charge is 2.13. The van der Waals surface area contributed by atoms with E-state index in [4.69, 9.17) is 4.74 Å². The number of nitrogens with one attached hydrogen (secondary N) is 1. The zero-order valence-electron chi connectivity index (χ0n) is 11.0. The van der Waals surface area contributed by atoms with Gasteiger partial charge in [0.05, 0.1) is 23.0 Å². The van der Waals surface area contributed by atoms with Crippen LogP contribution in [0.5, 0.6) is 5.75 Å². The van der Waals surface area contributed by atoms with E-state index in [0.717, 1.165) is 4.90 Å². The molecule has 0 unspecified atom stereocenters. The van der Waals surface area contributed by atoms with Gasteiger partial charge in [0, 0.05) is 13.1 Å². The summed E-state index contributed by atoms with van der Waals surface area (Å²) in [7, 11) is 3.25. The zero-order valence-corrected chi connectivity index (χ0v) is 11.8. The molecule has 1 heterocycles. The van der Waals surface area contributed by atoms with E-state index in [1.165, 1.54) is 23.9 Å². The smallest absolute Gasteiger partial charge is 0.275 e. The van der Waals surface area contributed by atoms with E-state index >= 15 is 0 Å². The lowest BCUT2D eigenvalue weighted by Crippen LogP contribution is -1.97. The molecule has 0 atom stereocenters. The van der Waals surface area contributed by atoms with E-state index in [-0.39, 0.29) is 5.69 Å². The Bertz CT molecular complexity index is 634. The van der Waals surface area contributed by atoms with Gasteiger partial charge in [0.15, 0.2) is 0 Å². The van der Waals surface area contributed by atoms with Crippen molar-refractivity contribution in [3.05, 3.63) is 46.5 Å². The van der Waals surface area contributed by atoms with Gasteiger partial charge in [0.25, 0.3) is 5.69 Å². The molecule has 0 aliphatic carbocycles. The third kappa shape index (κ3) is 3.18. The van der Waals surface area contributed by atoms with Crippen LogP contribution in [0, 0.1) is 10.1 Å². The molecule has 0 aliphatic heterocycles. The van der Waals surface area contributed by atoms with Gasteiger partial charge in [-0.15, -0.1) is 0 Å². The van der Waals surface area contributed by atoms with E-state index in [1.54, 1.807) is 14.2 Å². The van der Waals surface area contributed by atoms with E-state index in [9.17, 15) is 10.1 Å². The van der Waals surface area contributed by atoms with Gasteiger partial charge in [-0.25, -0.2) is 4.98 Å². The minimum absolute atomic E-state index is 0.00162. The van der Waals surface area contributed by atoms with Gasteiger partial charge in [-0.2, -0.15) is 0 Å². The number of anilines is 1. The summed E-state index contributed by atoms with van der Waals surface area (Å²) >= 11 is 1.32. The third-order valence-electron chi connectivity index (χ3n) is 2.54. The molecule has 0 aliphatic rings. The van der Waals surface area contributed by atoms with E-state index < -0.39 is 4.92 Å². The van der Waals surface area contributed by atoms with Crippen LogP contribution < -0.4 is 10.1 Å². The fourth-order valence-electron chi connectivity index (χ4n) is 1.59. The summed E-state index contributed by atoms with van der Waals surface area (Å²) in [6.07, 6.45) is 0.